The molecule has 14 heteroatoms. The van der Waals surface area contributed by atoms with Gasteiger partial charge < -0.3 is 42.8 Å². The molecule has 4 aromatic carbocycles. The van der Waals surface area contributed by atoms with Gasteiger partial charge in [-0.05, 0) is 41.3 Å². The van der Waals surface area contributed by atoms with E-state index in [1.165, 1.54) is 30.3 Å². The summed E-state index contributed by atoms with van der Waals surface area (Å²) in [6.07, 6.45) is 0.762. The molecule has 2 aliphatic heterocycles. The van der Waals surface area contributed by atoms with Gasteiger partial charge in [0.15, 0.2) is 23.1 Å². The van der Waals surface area contributed by atoms with E-state index < -0.39 is 10.7 Å². The van der Waals surface area contributed by atoms with Crippen molar-refractivity contribution in [2.24, 2.45) is 17.8 Å². The Morgan fingerprint density at radius 2 is 1.46 bits per heavy atom. The molecule has 2 aliphatic rings. The van der Waals surface area contributed by atoms with Crippen LogP contribution in [0.5, 0.6) is 11.5 Å². The topological polar surface area (TPSA) is 150 Å². The van der Waals surface area contributed by atoms with Crippen molar-refractivity contribution in [2.75, 3.05) is 27.2 Å². The Bertz CT molecular complexity index is 2210. The minimum absolute atomic E-state index is 0. The van der Waals surface area contributed by atoms with Crippen LogP contribution in [-0.4, -0.2) is 71.2 Å². The molecule has 1 amide bonds. The maximum Gasteiger partial charge on any atom is 0.373 e. The standard InChI is InChI=1S/C44H47FN3O7.CO2.HI/c1-28(2)38-40-29(3)35(41(46(40)44(38)51)42(50)32-18-20-33(21-19-32)47(52)53)25-48(4,5)24-12-17-36(49)34-22-23-37(54-26-30-13-8-6-9-14-30)43(39(34)45)55-27-31-15-10-7-11-16-31;2-1-3;/h6-11,13-16,18-23,28-29,38,40H,12,17,24-27H2,1-5H3;;1H/q+1;;/p-1/t29-,38+,40+;;/m0../s1. The maximum atomic E-state index is 16.2. The van der Waals surface area contributed by atoms with Gasteiger partial charge in [0, 0.05) is 42.0 Å². The van der Waals surface area contributed by atoms with E-state index in [0.717, 1.165) is 16.7 Å². The second kappa shape index (κ2) is 20.4. The predicted octanol–water partition coefficient (Wildman–Crippen LogP) is 4.62. The first-order valence-electron chi connectivity index (χ1n) is 19.0. The van der Waals surface area contributed by atoms with Gasteiger partial charge in [-0.2, -0.15) is 9.59 Å². The molecule has 3 atom stereocenters. The first-order chi connectivity index (χ1) is 27.7. The number of non-ortho nitro benzene ring substituents is 1. The highest BCUT2D eigenvalue weighted by atomic mass is 127. The average molecular weight is 920 g/mol. The van der Waals surface area contributed by atoms with Crippen molar-refractivity contribution in [3.05, 3.63) is 147 Å². The number of quaternary nitrogens is 1. The molecule has 0 aliphatic carbocycles. The number of allylic oxidation sites excluding steroid dienone is 1. The van der Waals surface area contributed by atoms with Gasteiger partial charge in [-0.25, -0.2) is 4.39 Å². The molecule has 2 heterocycles. The van der Waals surface area contributed by atoms with E-state index >= 15 is 4.39 Å². The Kier molecular flexibility index (Phi) is 16.0. The van der Waals surface area contributed by atoms with Crippen molar-refractivity contribution in [1.82, 2.24) is 4.90 Å². The lowest BCUT2D eigenvalue weighted by molar-refractivity contribution is -0.886. The summed E-state index contributed by atoms with van der Waals surface area (Å²) < 4.78 is 28.5. The molecule has 0 unspecified atom stereocenters. The fourth-order valence-corrected chi connectivity index (χ4v) is 7.74. The summed E-state index contributed by atoms with van der Waals surface area (Å²) in [6, 6.07) is 27.2. The van der Waals surface area contributed by atoms with Crippen molar-refractivity contribution in [3.8, 4) is 11.5 Å². The van der Waals surface area contributed by atoms with E-state index in [0.29, 0.717) is 29.7 Å². The molecule has 6 rings (SSSR count). The molecule has 1 saturated heterocycles. The maximum absolute atomic E-state index is 16.2. The number of carbonyl (C=O) groups is 3. The quantitative estimate of drug-likeness (QED) is 0.0370. The smallest absolute Gasteiger partial charge is 0.373 e. The Balaban J connectivity index is 0.00000186. The Hall–Kier alpha value is -5.57. The van der Waals surface area contributed by atoms with Crippen LogP contribution >= 0.6 is 0 Å². The molecular weight excluding hydrogens is 872 g/mol. The van der Waals surface area contributed by atoms with Crippen LogP contribution in [0.1, 0.15) is 65.5 Å². The molecule has 310 valence electrons. The number of halogens is 2. The molecule has 12 nitrogen and oxygen atoms in total. The number of ether oxygens (including phenoxy) is 2. The van der Waals surface area contributed by atoms with Gasteiger partial charge in [-0.15, -0.1) is 0 Å². The normalized spacial score (nSPS) is 16.8. The summed E-state index contributed by atoms with van der Waals surface area (Å²) in [5, 5.41) is 11.2. The lowest BCUT2D eigenvalue weighted by atomic mass is 9.74. The van der Waals surface area contributed by atoms with Crippen LogP contribution in [0.25, 0.3) is 0 Å². The lowest BCUT2D eigenvalue weighted by Crippen LogP contribution is -3.00. The summed E-state index contributed by atoms with van der Waals surface area (Å²) in [5.74, 6) is -1.70. The summed E-state index contributed by atoms with van der Waals surface area (Å²) in [6.45, 7) is 7.31. The number of Topliss-reactive ketones (excluding diaryl/α,β-unsaturated/α-hetero) is 2. The highest BCUT2D eigenvalue weighted by molar-refractivity contribution is 6.13. The number of nitro groups is 1. The van der Waals surface area contributed by atoms with Crippen molar-refractivity contribution in [3.63, 3.8) is 0 Å². The van der Waals surface area contributed by atoms with Crippen LogP contribution in [0.3, 0.4) is 0 Å². The zero-order chi connectivity index (χ0) is 42.1. The zero-order valence-electron chi connectivity index (χ0n) is 33.6. The number of hydrogen-bond acceptors (Lipinski definition) is 9. The largest absolute Gasteiger partial charge is 1.00 e. The van der Waals surface area contributed by atoms with E-state index in [4.69, 9.17) is 19.1 Å². The molecular formula is C45H47FIN3O9. The van der Waals surface area contributed by atoms with E-state index in [1.807, 2.05) is 95.5 Å². The van der Waals surface area contributed by atoms with Crippen molar-refractivity contribution in [2.45, 2.75) is 52.9 Å². The minimum Gasteiger partial charge on any atom is -1.00 e. The van der Waals surface area contributed by atoms with E-state index in [9.17, 15) is 24.5 Å². The fraction of sp³-hybridized carbons (Fsp3) is 0.333. The molecule has 1 fully saturated rings. The Morgan fingerprint density at radius 1 is 0.898 bits per heavy atom. The highest BCUT2D eigenvalue weighted by Gasteiger charge is 2.59. The van der Waals surface area contributed by atoms with Gasteiger partial charge in [0.1, 0.15) is 19.8 Å². The third kappa shape index (κ3) is 10.7. The molecule has 4 aromatic rings. The summed E-state index contributed by atoms with van der Waals surface area (Å²) in [7, 11) is 4.01. The van der Waals surface area contributed by atoms with Gasteiger partial charge in [0.25, 0.3) is 5.69 Å². The Labute approximate surface area is 359 Å². The average Bonchev–Trinajstić information content (AvgIpc) is 3.43. The fourth-order valence-electron chi connectivity index (χ4n) is 7.74. The van der Waals surface area contributed by atoms with Crippen molar-refractivity contribution >= 4 is 29.3 Å². The van der Waals surface area contributed by atoms with Crippen molar-refractivity contribution in [1.29, 1.82) is 0 Å². The van der Waals surface area contributed by atoms with Crippen LogP contribution in [0, 0.1) is 33.7 Å². The van der Waals surface area contributed by atoms with Crippen molar-refractivity contribution < 1.29 is 71.2 Å². The number of ketones is 2. The van der Waals surface area contributed by atoms with E-state index in [1.54, 1.807) is 11.0 Å². The Morgan fingerprint density at radius 3 is 2.00 bits per heavy atom. The molecule has 0 spiro atoms. The van der Waals surface area contributed by atoms with Gasteiger partial charge in [-0.1, -0.05) is 81.4 Å². The van der Waals surface area contributed by atoms with Gasteiger partial charge in [-0.3, -0.25) is 24.5 Å². The number of β-lactam (4-membered cyclic amide) rings is 1. The predicted molar refractivity (Wildman–Crippen MR) is 211 cm³/mol. The SMILES string of the molecule is CC(C)[C@H]1C(=O)N2C(C(=O)c3ccc([N+](=O)[O-])cc3)=C(C[N+](C)(C)CCCC(=O)c3ccc(OCc4ccccc4)c(OCc4ccccc4)c3F)[C@H](C)[C@H]12.O=C=O.[I-]. The summed E-state index contributed by atoms with van der Waals surface area (Å²) in [4.78, 5) is 69.7. The minimum atomic E-state index is -0.770. The number of fused-ring (bicyclic) bond motifs is 1. The number of nitrogens with zero attached hydrogens (tertiary/aromatic N) is 3. The monoisotopic (exact) mass is 919 g/mol. The number of carbonyl (C=O) groups excluding carboxylic acids is 5. The van der Waals surface area contributed by atoms with Crippen LogP contribution in [0.4, 0.5) is 10.1 Å². The molecule has 0 radical (unpaired) electrons. The van der Waals surface area contributed by atoms with Crippen LogP contribution in [-0.2, 0) is 27.6 Å². The van der Waals surface area contributed by atoms with Crippen LogP contribution < -0.4 is 33.5 Å². The summed E-state index contributed by atoms with van der Waals surface area (Å²) >= 11 is 0. The zero-order valence-corrected chi connectivity index (χ0v) is 35.7. The third-order valence-corrected chi connectivity index (χ3v) is 10.7. The number of likely N-dealkylation sites (N-methyl/N-ethyl adjacent to an activating group) is 1. The second-order valence-electron chi connectivity index (χ2n) is 15.5. The first kappa shape index (κ1) is 46.1. The molecule has 59 heavy (non-hydrogen) atoms. The molecule has 0 aromatic heterocycles. The highest BCUT2D eigenvalue weighted by Crippen LogP contribution is 2.49. The number of benzene rings is 4. The van der Waals surface area contributed by atoms with Gasteiger partial charge >= 0.3 is 6.15 Å². The van der Waals surface area contributed by atoms with Gasteiger partial charge in [0.2, 0.25) is 11.7 Å². The molecule has 0 N–H and O–H groups in total. The third-order valence-electron chi connectivity index (χ3n) is 10.7. The first-order valence-corrected chi connectivity index (χ1v) is 19.0. The number of hydrogen-bond donors (Lipinski definition) is 0. The number of rotatable bonds is 17. The lowest BCUT2D eigenvalue weighted by Gasteiger charge is -2.47. The molecule has 0 bridgehead atoms. The number of nitro benzene ring substituents is 1. The number of amides is 1. The van der Waals surface area contributed by atoms with Gasteiger partial charge in [0.05, 0.1) is 48.8 Å². The summed E-state index contributed by atoms with van der Waals surface area (Å²) in [5.41, 5.74) is 3.00. The molecule has 0 saturated carbocycles. The second-order valence-corrected chi connectivity index (χ2v) is 15.5. The van der Waals surface area contributed by atoms with E-state index in [-0.39, 0.29) is 119 Å². The van der Waals surface area contributed by atoms with Crippen LogP contribution in [0.15, 0.2) is 108 Å². The van der Waals surface area contributed by atoms with E-state index in [2.05, 4.69) is 0 Å². The van der Waals surface area contributed by atoms with Crippen LogP contribution in [0.2, 0.25) is 0 Å².